The molecule has 1 saturated heterocycles. The first-order chi connectivity index (χ1) is 11.3. The molecule has 1 aliphatic carbocycles. The number of piperidine rings is 1. The van der Waals surface area contributed by atoms with Crippen molar-refractivity contribution in [3.8, 4) is 0 Å². The Morgan fingerprint density at radius 3 is 2.74 bits per heavy atom. The van der Waals surface area contributed by atoms with Gasteiger partial charge in [-0.15, -0.1) is 0 Å². The van der Waals surface area contributed by atoms with Crippen molar-refractivity contribution in [1.29, 1.82) is 0 Å². The summed E-state index contributed by atoms with van der Waals surface area (Å²) in [7, 11) is 0. The minimum Gasteiger partial charge on any atom is -0.391 e. The number of hydrogen-bond acceptors (Lipinski definition) is 6. The Labute approximate surface area is 135 Å². The fraction of sp³-hybridized carbons (Fsp3) is 0.688. The van der Waals surface area contributed by atoms with E-state index < -0.39 is 0 Å². The molecule has 0 spiro atoms. The summed E-state index contributed by atoms with van der Waals surface area (Å²) in [6.07, 6.45) is 9.73. The van der Waals surface area contributed by atoms with Crippen molar-refractivity contribution in [2.45, 2.75) is 56.7 Å². The van der Waals surface area contributed by atoms with Crippen LogP contribution in [0.1, 0.15) is 38.5 Å². The zero-order valence-corrected chi connectivity index (χ0v) is 13.3. The van der Waals surface area contributed by atoms with Crippen LogP contribution in [0.4, 0.5) is 5.82 Å². The molecule has 4 rings (SSSR count). The number of aliphatic hydroxyl groups is 1. The third kappa shape index (κ3) is 3.03. The molecule has 2 unspecified atom stereocenters. The first-order valence-corrected chi connectivity index (χ1v) is 8.64. The van der Waals surface area contributed by atoms with E-state index in [4.69, 9.17) is 0 Å². The lowest BCUT2D eigenvalue weighted by Crippen LogP contribution is -2.50. The van der Waals surface area contributed by atoms with Crippen molar-refractivity contribution in [2.24, 2.45) is 0 Å². The number of rotatable bonds is 3. The van der Waals surface area contributed by atoms with Gasteiger partial charge < -0.3 is 15.4 Å². The van der Waals surface area contributed by atoms with E-state index >= 15 is 0 Å². The summed E-state index contributed by atoms with van der Waals surface area (Å²) in [6, 6.07) is 0.774. The van der Waals surface area contributed by atoms with Crippen LogP contribution >= 0.6 is 0 Å². The first kappa shape index (κ1) is 14.8. The van der Waals surface area contributed by atoms with Crippen molar-refractivity contribution < 1.29 is 5.11 Å². The fourth-order valence-electron chi connectivity index (χ4n) is 3.96. The van der Waals surface area contributed by atoms with Crippen LogP contribution in [0.5, 0.6) is 0 Å². The second kappa shape index (κ2) is 6.41. The molecule has 7 heteroatoms. The Kier molecular flexibility index (Phi) is 4.13. The molecule has 1 saturated carbocycles. The number of fused-ring (bicyclic) bond motifs is 1. The molecule has 0 amide bonds. The van der Waals surface area contributed by atoms with Gasteiger partial charge in [0.05, 0.1) is 12.4 Å². The van der Waals surface area contributed by atoms with Crippen molar-refractivity contribution in [3.05, 3.63) is 12.7 Å². The molecular weight excluding hydrogens is 292 g/mol. The minimum absolute atomic E-state index is 0.139. The van der Waals surface area contributed by atoms with Crippen LogP contribution in [0.3, 0.4) is 0 Å². The van der Waals surface area contributed by atoms with Gasteiger partial charge in [0.25, 0.3) is 0 Å². The lowest BCUT2D eigenvalue weighted by atomic mass is 9.89. The lowest BCUT2D eigenvalue weighted by molar-refractivity contribution is 0.00993. The van der Waals surface area contributed by atoms with Gasteiger partial charge in [-0.05, 0) is 25.7 Å². The average Bonchev–Trinajstić information content (AvgIpc) is 3.06. The van der Waals surface area contributed by atoms with E-state index in [9.17, 15) is 5.11 Å². The number of imidazole rings is 1. The molecule has 124 valence electrons. The molecule has 23 heavy (non-hydrogen) atoms. The number of aromatic nitrogens is 4. The number of aliphatic hydroxyl groups excluding tert-OH is 1. The Hall–Kier alpha value is -1.73. The third-order valence-corrected chi connectivity index (χ3v) is 5.26. The topological polar surface area (TPSA) is 90.0 Å². The second-order valence-corrected chi connectivity index (χ2v) is 6.70. The van der Waals surface area contributed by atoms with Crippen LogP contribution in [0.15, 0.2) is 12.7 Å². The van der Waals surface area contributed by atoms with Gasteiger partial charge >= 0.3 is 0 Å². The molecule has 0 bridgehead atoms. The molecule has 1 aliphatic heterocycles. The highest BCUT2D eigenvalue weighted by Gasteiger charge is 2.31. The summed E-state index contributed by atoms with van der Waals surface area (Å²) < 4.78 is 0. The molecule has 2 aliphatic rings. The summed E-state index contributed by atoms with van der Waals surface area (Å²) in [5, 5.41) is 13.8. The molecule has 3 N–H and O–H groups in total. The molecule has 0 radical (unpaired) electrons. The predicted molar refractivity (Wildman–Crippen MR) is 88.2 cm³/mol. The number of anilines is 1. The molecule has 7 nitrogen and oxygen atoms in total. The van der Waals surface area contributed by atoms with E-state index in [1.165, 1.54) is 12.8 Å². The highest BCUT2D eigenvalue weighted by Crippen LogP contribution is 2.27. The van der Waals surface area contributed by atoms with Gasteiger partial charge in [-0.3, -0.25) is 4.90 Å². The van der Waals surface area contributed by atoms with Gasteiger partial charge in [0.1, 0.15) is 11.8 Å². The maximum Gasteiger partial charge on any atom is 0.182 e. The molecule has 2 aromatic heterocycles. The fourth-order valence-corrected chi connectivity index (χ4v) is 3.96. The Morgan fingerprint density at radius 1 is 1.09 bits per heavy atom. The summed E-state index contributed by atoms with van der Waals surface area (Å²) >= 11 is 0. The average molecular weight is 316 g/mol. The quantitative estimate of drug-likeness (QED) is 0.796. The Morgan fingerprint density at radius 2 is 1.91 bits per heavy atom. The van der Waals surface area contributed by atoms with Crippen molar-refractivity contribution in [3.63, 3.8) is 0 Å². The highest BCUT2D eigenvalue weighted by molar-refractivity contribution is 5.82. The van der Waals surface area contributed by atoms with Crippen molar-refractivity contribution in [2.75, 3.05) is 18.4 Å². The van der Waals surface area contributed by atoms with Gasteiger partial charge in [0.2, 0.25) is 0 Å². The molecular formula is C16H24N6O. The number of nitrogens with zero attached hydrogens (tertiary/aromatic N) is 4. The predicted octanol–water partition coefficient (Wildman–Crippen LogP) is 1.53. The van der Waals surface area contributed by atoms with Crippen LogP contribution in [-0.4, -0.2) is 61.2 Å². The number of nitrogens with one attached hydrogen (secondary N) is 2. The largest absolute Gasteiger partial charge is 0.391 e. The van der Waals surface area contributed by atoms with Gasteiger partial charge in [-0.1, -0.05) is 12.8 Å². The Balaban J connectivity index is 1.37. The van der Waals surface area contributed by atoms with Crippen LogP contribution in [0.25, 0.3) is 11.2 Å². The summed E-state index contributed by atoms with van der Waals surface area (Å²) in [6.45, 7) is 2.08. The van der Waals surface area contributed by atoms with Crippen molar-refractivity contribution in [1.82, 2.24) is 24.8 Å². The molecule has 3 heterocycles. The Bertz CT molecular complexity index is 651. The maximum atomic E-state index is 10.2. The van der Waals surface area contributed by atoms with E-state index in [0.29, 0.717) is 17.7 Å². The number of likely N-dealkylation sites (tertiary alicyclic amines) is 1. The maximum absolute atomic E-state index is 10.2. The molecule has 2 atom stereocenters. The molecule has 2 fully saturated rings. The third-order valence-electron chi connectivity index (χ3n) is 5.26. The smallest absolute Gasteiger partial charge is 0.182 e. The van der Waals surface area contributed by atoms with Gasteiger partial charge in [0, 0.05) is 25.2 Å². The van der Waals surface area contributed by atoms with Crippen LogP contribution in [-0.2, 0) is 0 Å². The zero-order valence-electron chi connectivity index (χ0n) is 13.3. The van der Waals surface area contributed by atoms with Crippen LogP contribution < -0.4 is 5.32 Å². The molecule has 2 aromatic rings. The van der Waals surface area contributed by atoms with Gasteiger partial charge in [-0.25, -0.2) is 15.0 Å². The van der Waals surface area contributed by atoms with Crippen LogP contribution in [0.2, 0.25) is 0 Å². The molecule has 0 aromatic carbocycles. The number of H-pyrrole nitrogens is 1. The first-order valence-electron chi connectivity index (χ1n) is 8.64. The lowest BCUT2D eigenvalue weighted by Gasteiger charge is -2.41. The van der Waals surface area contributed by atoms with E-state index in [1.807, 2.05) is 0 Å². The standard InChI is InChI=1S/C16H24N6O/c23-13-4-2-1-3-12(13)22-7-5-11(6-8-22)21-16-14-15(18-9-17-14)19-10-20-16/h9-13,23H,1-8H2,(H2,17,18,19,20,21). The van der Waals surface area contributed by atoms with E-state index in [0.717, 1.165) is 50.1 Å². The summed E-state index contributed by atoms with van der Waals surface area (Å²) in [4.78, 5) is 18.2. The van der Waals surface area contributed by atoms with E-state index in [2.05, 4.69) is 30.2 Å². The van der Waals surface area contributed by atoms with Gasteiger partial charge in [0.15, 0.2) is 11.5 Å². The number of aromatic amines is 1. The van der Waals surface area contributed by atoms with E-state index in [1.54, 1.807) is 12.7 Å². The zero-order chi connectivity index (χ0) is 15.6. The summed E-state index contributed by atoms with van der Waals surface area (Å²) in [5.74, 6) is 0.837. The van der Waals surface area contributed by atoms with Crippen molar-refractivity contribution >= 4 is 17.0 Å². The van der Waals surface area contributed by atoms with E-state index in [-0.39, 0.29) is 6.10 Å². The SMILES string of the molecule is OC1CCCCC1N1CCC(Nc2ncnc3nc[nH]c23)CC1. The normalized spacial score (nSPS) is 27.3. The highest BCUT2D eigenvalue weighted by atomic mass is 16.3. The van der Waals surface area contributed by atoms with Crippen LogP contribution in [0, 0.1) is 0 Å². The second-order valence-electron chi connectivity index (χ2n) is 6.70. The monoisotopic (exact) mass is 316 g/mol. The minimum atomic E-state index is -0.139. The van der Waals surface area contributed by atoms with Gasteiger partial charge in [-0.2, -0.15) is 0 Å². The number of hydrogen-bond donors (Lipinski definition) is 3. The summed E-state index contributed by atoms with van der Waals surface area (Å²) in [5.41, 5.74) is 1.57.